The lowest BCUT2D eigenvalue weighted by atomic mass is 9.69. The minimum atomic E-state index is 0.711. The zero-order chi connectivity index (χ0) is 12.4. The summed E-state index contributed by atoms with van der Waals surface area (Å²) in [6.45, 7) is 0. The fourth-order valence-electron chi connectivity index (χ4n) is 3.82. The van der Waals surface area contributed by atoms with Gasteiger partial charge >= 0.3 is 0 Å². The van der Waals surface area contributed by atoms with Crippen molar-refractivity contribution in [2.24, 2.45) is 11.8 Å². The minimum absolute atomic E-state index is 0.711. The van der Waals surface area contributed by atoms with Crippen LogP contribution in [0.2, 0.25) is 0 Å². The van der Waals surface area contributed by atoms with Crippen LogP contribution in [-0.2, 0) is 0 Å². The lowest BCUT2D eigenvalue weighted by molar-refractivity contribution is 0.162. The third-order valence-corrected chi connectivity index (χ3v) is 5.41. The zero-order valence-corrected chi connectivity index (χ0v) is 13.0. The van der Waals surface area contributed by atoms with Crippen molar-refractivity contribution < 1.29 is 0 Å². The van der Waals surface area contributed by atoms with Crippen molar-refractivity contribution in [1.82, 2.24) is 0 Å². The van der Waals surface area contributed by atoms with Crippen LogP contribution < -0.4 is 5.32 Å². The summed E-state index contributed by atoms with van der Waals surface area (Å²) in [6.07, 6.45) is 10.2. The number of hydrogen-bond acceptors (Lipinski definition) is 1. The summed E-state index contributed by atoms with van der Waals surface area (Å²) >= 11 is 2.39. The average Bonchev–Trinajstić information content (AvgIpc) is 2.39. The maximum Gasteiger partial charge on any atom is 0.0352 e. The van der Waals surface area contributed by atoms with Gasteiger partial charge < -0.3 is 5.32 Å². The summed E-state index contributed by atoms with van der Waals surface area (Å²) in [5.74, 6) is 2.06. The van der Waals surface area contributed by atoms with Gasteiger partial charge in [-0.3, -0.25) is 0 Å². The third kappa shape index (κ3) is 3.01. The first-order valence-electron chi connectivity index (χ1n) is 7.33. The van der Waals surface area contributed by atoms with E-state index in [1.54, 1.807) is 0 Å². The number of rotatable bonds is 2. The Hall–Kier alpha value is -0.250. The molecule has 0 aliphatic heterocycles. The van der Waals surface area contributed by atoms with Crippen LogP contribution in [-0.4, -0.2) is 6.04 Å². The van der Waals surface area contributed by atoms with Gasteiger partial charge in [0.1, 0.15) is 0 Å². The molecule has 1 nitrogen and oxygen atoms in total. The Labute approximate surface area is 124 Å². The van der Waals surface area contributed by atoms with Gasteiger partial charge in [-0.2, -0.15) is 0 Å². The van der Waals surface area contributed by atoms with Crippen LogP contribution in [0.4, 0.5) is 5.69 Å². The molecular formula is C16H22IN. The predicted octanol–water partition coefficient (Wildman–Crippen LogP) is 5.06. The number of hydrogen-bond donors (Lipinski definition) is 1. The van der Waals surface area contributed by atoms with Crippen LogP contribution >= 0.6 is 22.6 Å². The van der Waals surface area contributed by atoms with Crippen LogP contribution in [0.5, 0.6) is 0 Å². The van der Waals surface area contributed by atoms with E-state index in [1.165, 1.54) is 54.2 Å². The zero-order valence-electron chi connectivity index (χ0n) is 10.9. The summed E-state index contributed by atoms with van der Waals surface area (Å²) in [4.78, 5) is 0. The van der Waals surface area contributed by atoms with Gasteiger partial charge in [-0.05, 0) is 71.9 Å². The van der Waals surface area contributed by atoms with E-state index in [4.69, 9.17) is 0 Å². The highest BCUT2D eigenvalue weighted by atomic mass is 127. The second-order valence-electron chi connectivity index (χ2n) is 5.97. The van der Waals surface area contributed by atoms with Gasteiger partial charge in [0, 0.05) is 15.3 Å². The summed E-state index contributed by atoms with van der Waals surface area (Å²) in [7, 11) is 0. The van der Waals surface area contributed by atoms with Crippen molar-refractivity contribution in [2.75, 3.05) is 5.32 Å². The maximum absolute atomic E-state index is 3.75. The molecule has 18 heavy (non-hydrogen) atoms. The molecule has 0 aromatic heterocycles. The highest BCUT2D eigenvalue weighted by Gasteiger charge is 2.31. The van der Waals surface area contributed by atoms with E-state index in [2.05, 4.69) is 52.2 Å². The highest BCUT2D eigenvalue weighted by molar-refractivity contribution is 14.1. The van der Waals surface area contributed by atoms with Crippen LogP contribution in [0.15, 0.2) is 24.3 Å². The predicted molar refractivity (Wildman–Crippen MR) is 85.9 cm³/mol. The molecule has 3 unspecified atom stereocenters. The van der Waals surface area contributed by atoms with Crippen molar-refractivity contribution in [3.63, 3.8) is 0 Å². The standard InChI is InChI=1S/C16H22IN/c17-14-6-3-7-15(11-14)18-16-9-8-12-4-1-2-5-13(12)10-16/h3,6-7,11-13,16,18H,1-2,4-5,8-10H2. The Bertz CT molecular complexity index is 404. The van der Waals surface area contributed by atoms with Crippen molar-refractivity contribution in [2.45, 2.75) is 51.0 Å². The summed E-state index contributed by atoms with van der Waals surface area (Å²) < 4.78 is 1.32. The monoisotopic (exact) mass is 355 g/mol. The maximum atomic E-state index is 3.75. The summed E-state index contributed by atoms with van der Waals surface area (Å²) in [5.41, 5.74) is 1.31. The smallest absolute Gasteiger partial charge is 0.0352 e. The number of halogens is 1. The Morgan fingerprint density at radius 2 is 1.83 bits per heavy atom. The molecule has 0 heterocycles. The molecule has 0 bridgehead atoms. The topological polar surface area (TPSA) is 12.0 Å². The molecular weight excluding hydrogens is 333 g/mol. The molecule has 1 aromatic carbocycles. The first-order chi connectivity index (χ1) is 8.81. The molecule has 2 fully saturated rings. The van der Waals surface area contributed by atoms with E-state index in [0.717, 1.165) is 11.8 Å². The second-order valence-corrected chi connectivity index (χ2v) is 7.21. The van der Waals surface area contributed by atoms with Gasteiger partial charge in [-0.25, -0.2) is 0 Å². The van der Waals surface area contributed by atoms with Crippen molar-refractivity contribution in [3.05, 3.63) is 27.8 Å². The summed E-state index contributed by atoms with van der Waals surface area (Å²) in [5, 5.41) is 3.75. The van der Waals surface area contributed by atoms with Crippen LogP contribution in [0.1, 0.15) is 44.9 Å². The van der Waals surface area contributed by atoms with Crippen LogP contribution in [0.3, 0.4) is 0 Å². The van der Waals surface area contributed by atoms with E-state index in [-0.39, 0.29) is 0 Å². The molecule has 3 atom stereocenters. The number of anilines is 1. The molecule has 0 amide bonds. The third-order valence-electron chi connectivity index (χ3n) is 4.74. The van der Waals surface area contributed by atoms with Crippen molar-refractivity contribution in [1.29, 1.82) is 0 Å². The van der Waals surface area contributed by atoms with E-state index >= 15 is 0 Å². The van der Waals surface area contributed by atoms with E-state index in [0.29, 0.717) is 6.04 Å². The Balaban J connectivity index is 1.61. The number of benzene rings is 1. The largest absolute Gasteiger partial charge is 0.382 e. The first-order valence-corrected chi connectivity index (χ1v) is 8.41. The second kappa shape index (κ2) is 5.81. The molecule has 2 aliphatic rings. The highest BCUT2D eigenvalue weighted by Crippen LogP contribution is 2.41. The molecule has 1 N–H and O–H groups in total. The van der Waals surface area contributed by atoms with Crippen LogP contribution in [0.25, 0.3) is 0 Å². The van der Waals surface area contributed by atoms with E-state index < -0.39 is 0 Å². The molecule has 3 rings (SSSR count). The average molecular weight is 355 g/mol. The molecule has 2 saturated carbocycles. The van der Waals surface area contributed by atoms with Gasteiger partial charge in [-0.15, -0.1) is 0 Å². The SMILES string of the molecule is Ic1cccc(NC2CCC3CCCCC3C2)c1. The molecule has 0 spiro atoms. The van der Waals surface area contributed by atoms with E-state index in [1.807, 2.05) is 0 Å². The lowest BCUT2D eigenvalue weighted by Gasteiger charge is -2.39. The minimum Gasteiger partial charge on any atom is -0.382 e. The Morgan fingerprint density at radius 1 is 1.00 bits per heavy atom. The van der Waals surface area contributed by atoms with Gasteiger partial charge in [-0.1, -0.05) is 31.7 Å². The van der Waals surface area contributed by atoms with E-state index in [9.17, 15) is 0 Å². The fourth-order valence-corrected chi connectivity index (χ4v) is 4.36. The molecule has 0 radical (unpaired) electrons. The Kier molecular flexibility index (Phi) is 4.12. The Morgan fingerprint density at radius 3 is 2.67 bits per heavy atom. The normalized spacial score (nSPS) is 31.7. The van der Waals surface area contributed by atoms with Gasteiger partial charge in [0.15, 0.2) is 0 Å². The van der Waals surface area contributed by atoms with Crippen molar-refractivity contribution >= 4 is 28.3 Å². The van der Waals surface area contributed by atoms with Gasteiger partial charge in [0.25, 0.3) is 0 Å². The van der Waals surface area contributed by atoms with Gasteiger partial charge in [0.05, 0.1) is 0 Å². The number of fused-ring (bicyclic) bond motifs is 1. The van der Waals surface area contributed by atoms with Crippen molar-refractivity contribution in [3.8, 4) is 0 Å². The molecule has 2 heteroatoms. The first kappa shape index (κ1) is 12.8. The molecule has 1 aromatic rings. The fraction of sp³-hybridized carbons (Fsp3) is 0.625. The lowest BCUT2D eigenvalue weighted by Crippen LogP contribution is -2.34. The van der Waals surface area contributed by atoms with Gasteiger partial charge in [0.2, 0.25) is 0 Å². The van der Waals surface area contributed by atoms with Crippen LogP contribution in [0, 0.1) is 15.4 Å². The number of nitrogens with one attached hydrogen (secondary N) is 1. The molecule has 0 saturated heterocycles. The summed E-state index contributed by atoms with van der Waals surface area (Å²) in [6, 6.07) is 9.48. The quantitative estimate of drug-likeness (QED) is 0.731. The molecule has 2 aliphatic carbocycles. The molecule has 98 valence electrons.